The van der Waals surface area contributed by atoms with Gasteiger partial charge in [0.25, 0.3) is 5.69 Å². The Kier molecular flexibility index (Phi) is 4.02. The van der Waals surface area contributed by atoms with E-state index < -0.39 is 10.8 Å². The molecule has 0 aromatic carbocycles. The first-order valence-electron chi connectivity index (χ1n) is 2.47. The molecule has 0 unspecified atom stereocenters. The van der Waals surface area contributed by atoms with E-state index in [1.54, 1.807) is 0 Å². The molecule has 0 saturated carbocycles. The quantitative estimate of drug-likeness (QED) is 0.251. The fraction of sp³-hybridized carbons (Fsp3) is 0. The maximum atomic E-state index is 10.3. The van der Waals surface area contributed by atoms with Crippen molar-refractivity contribution in [3.63, 3.8) is 0 Å². The maximum Gasteiger partial charge on any atom is 1.00 e. The van der Waals surface area contributed by atoms with Gasteiger partial charge in [0.05, 0.1) is 4.92 Å². The smallest absolute Gasteiger partial charge is 0.859 e. The normalized spacial score (nSPS) is 8.36. The molecule has 1 aromatic heterocycles. The molecule has 0 amide bonds. The van der Waals surface area contributed by atoms with Crippen molar-refractivity contribution in [1.29, 1.82) is 0 Å². The van der Waals surface area contributed by atoms with Crippen molar-refractivity contribution < 1.29 is 39.6 Å². The van der Waals surface area contributed by atoms with Crippen LogP contribution in [0, 0.1) is 10.1 Å². The van der Waals surface area contributed by atoms with Crippen LogP contribution in [0.25, 0.3) is 0 Å². The summed E-state index contributed by atoms with van der Waals surface area (Å²) >= 11 is 0. The van der Waals surface area contributed by atoms with Crippen LogP contribution in [0.5, 0.6) is 5.88 Å². The van der Waals surface area contributed by atoms with E-state index >= 15 is 0 Å². The number of aromatic nitrogens is 1. The van der Waals surface area contributed by atoms with E-state index in [1.807, 2.05) is 0 Å². The molecule has 0 atom stereocenters. The van der Waals surface area contributed by atoms with Gasteiger partial charge >= 0.3 is 29.6 Å². The number of hydrogen-bond donors (Lipinski definition) is 0. The second-order valence-electron chi connectivity index (χ2n) is 1.61. The largest absolute Gasteiger partial charge is 1.00 e. The summed E-state index contributed by atoms with van der Waals surface area (Å²) in [6, 6.07) is 2.17. The van der Waals surface area contributed by atoms with Crippen molar-refractivity contribution in [2.45, 2.75) is 0 Å². The molecular formula is C5H3N2NaO3. The molecule has 0 aliphatic heterocycles. The minimum atomic E-state index is -0.605. The summed E-state index contributed by atoms with van der Waals surface area (Å²) in [5, 5.41) is 20.3. The Morgan fingerprint density at radius 3 is 2.45 bits per heavy atom. The predicted octanol–water partition coefficient (Wildman–Crippen LogP) is -2.93. The first kappa shape index (κ1) is 10.3. The molecule has 52 valence electrons. The Hall–Kier alpha value is -0.650. The van der Waals surface area contributed by atoms with Gasteiger partial charge in [-0.3, -0.25) is 15.1 Å². The average molecular weight is 162 g/mol. The SMILES string of the molecule is O=[N+]([O-])c1ccc([O-])nc1.[Na+]. The third-order valence-electron chi connectivity index (χ3n) is 0.932. The molecule has 0 fully saturated rings. The second-order valence-corrected chi connectivity index (χ2v) is 1.61. The Labute approximate surface area is 84.5 Å². The average Bonchev–Trinajstić information content (AvgIpc) is 1.88. The van der Waals surface area contributed by atoms with Crippen molar-refractivity contribution in [1.82, 2.24) is 4.98 Å². The van der Waals surface area contributed by atoms with E-state index in [0.717, 1.165) is 18.3 Å². The van der Waals surface area contributed by atoms with Crippen LogP contribution in [-0.4, -0.2) is 9.91 Å². The topological polar surface area (TPSA) is 79.1 Å². The Morgan fingerprint density at radius 2 is 2.09 bits per heavy atom. The zero-order valence-electron chi connectivity index (χ0n) is 5.85. The summed E-state index contributed by atoms with van der Waals surface area (Å²) in [5.74, 6) is -0.467. The summed E-state index contributed by atoms with van der Waals surface area (Å²) in [6.45, 7) is 0. The second kappa shape index (κ2) is 4.27. The van der Waals surface area contributed by atoms with Gasteiger partial charge < -0.3 is 5.11 Å². The minimum Gasteiger partial charge on any atom is -0.859 e. The molecule has 0 N–H and O–H groups in total. The van der Waals surface area contributed by atoms with Crippen LogP contribution in [0.15, 0.2) is 18.3 Å². The molecule has 1 aromatic rings. The van der Waals surface area contributed by atoms with E-state index in [9.17, 15) is 15.2 Å². The summed E-state index contributed by atoms with van der Waals surface area (Å²) < 4.78 is 0. The summed E-state index contributed by atoms with van der Waals surface area (Å²) in [5.41, 5.74) is -0.167. The monoisotopic (exact) mass is 162 g/mol. The number of rotatable bonds is 1. The standard InChI is InChI=1S/C5H4N2O3.Na/c8-5-2-1-4(3-6-5)7(9)10;/h1-3H,(H,6,8);/q;+1/p-1. The first-order chi connectivity index (χ1) is 4.70. The molecule has 0 bridgehead atoms. The summed E-state index contributed by atoms with van der Waals surface area (Å²) in [7, 11) is 0. The summed E-state index contributed by atoms with van der Waals surface area (Å²) in [4.78, 5) is 12.6. The fourth-order valence-electron chi connectivity index (χ4n) is 0.480. The predicted molar refractivity (Wildman–Crippen MR) is 30.3 cm³/mol. The molecule has 1 rings (SSSR count). The third kappa shape index (κ3) is 2.83. The van der Waals surface area contributed by atoms with Gasteiger partial charge in [-0.15, -0.1) is 0 Å². The van der Waals surface area contributed by atoms with E-state index in [0.29, 0.717) is 0 Å². The van der Waals surface area contributed by atoms with Gasteiger partial charge in [-0.25, -0.2) is 0 Å². The molecule has 0 aliphatic rings. The number of pyridine rings is 1. The van der Waals surface area contributed by atoms with Gasteiger partial charge in [-0.05, 0) is 11.9 Å². The van der Waals surface area contributed by atoms with Gasteiger partial charge in [0.2, 0.25) is 0 Å². The Balaban J connectivity index is 0.000001000. The molecule has 1 heterocycles. The van der Waals surface area contributed by atoms with Crippen molar-refractivity contribution >= 4 is 5.69 Å². The van der Waals surface area contributed by atoms with E-state index in [-0.39, 0.29) is 35.2 Å². The number of nitrogens with zero attached hydrogens (tertiary/aromatic N) is 2. The van der Waals surface area contributed by atoms with Crippen LogP contribution in [0.2, 0.25) is 0 Å². The van der Waals surface area contributed by atoms with Crippen LogP contribution in [0.3, 0.4) is 0 Å². The number of nitro groups is 1. The van der Waals surface area contributed by atoms with Crippen molar-refractivity contribution in [3.05, 3.63) is 28.4 Å². The Bertz CT molecular complexity index is 248. The van der Waals surface area contributed by atoms with Crippen LogP contribution in [0.1, 0.15) is 0 Å². The molecule has 6 heteroatoms. The Morgan fingerprint density at radius 1 is 1.45 bits per heavy atom. The molecule has 0 radical (unpaired) electrons. The van der Waals surface area contributed by atoms with Gasteiger partial charge in [0, 0.05) is 6.07 Å². The first-order valence-corrected chi connectivity index (χ1v) is 2.47. The van der Waals surface area contributed by atoms with E-state index in [2.05, 4.69) is 4.98 Å². The van der Waals surface area contributed by atoms with Crippen LogP contribution < -0.4 is 34.7 Å². The van der Waals surface area contributed by atoms with Crippen molar-refractivity contribution in [2.75, 3.05) is 0 Å². The zero-order valence-corrected chi connectivity index (χ0v) is 7.85. The summed E-state index contributed by atoms with van der Waals surface area (Å²) in [6.07, 6.45) is 0.933. The zero-order chi connectivity index (χ0) is 7.56. The minimum absolute atomic E-state index is 0. The van der Waals surface area contributed by atoms with Gasteiger partial charge in [-0.2, -0.15) is 0 Å². The molecule has 11 heavy (non-hydrogen) atoms. The van der Waals surface area contributed by atoms with Crippen LogP contribution in [-0.2, 0) is 0 Å². The van der Waals surface area contributed by atoms with Gasteiger partial charge in [0.1, 0.15) is 6.20 Å². The molecular weight excluding hydrogens is 159 g/mol. The van der Waals surface area contributed by atoms with Crippen LogP contribution >= 0.6 is 0 Å². The van der Waals surface area contributed by atoms with Crippen molar-refractivity contribution in [3.8, 4) is 5.88 Å². The maximum absolute atomic E-state index is 10.3. The third-order valence-corrected chi connectivity index (χ3v) is 0.932. The molecule has 0 saturated heterocycles. The van der Waals surface area contributed by atoms with Gasteiger partial charge in [0.15, 0.2) is 0 Å². The van der Waals surface area contributed by atoms with Gasteiger partial charge in [-0.1, -0.05) is 0 Å². The molecule has 0 aliphatic carbocycles. The molecule has 5 nitrogen and oxygen atoms in total. The number of hydrogen-bond acceptors (Lipinski definition) is 4. The van der Waals surface area contributed by atoms with Crippen LogP contribution in [0.4, 0.5) is 5.69 Å². The fourth-order valence-corrected chi connectivity index (χ4v) is 0.480. The van der Waals surface area contributed by atoms with E-state index in [1.165, 1.54) is 0 Å². The van der Waals surface area contributed by atoms with Crippen molar-refractivity contribution in [2.24, 2.45) is 0 Å². The molecule has 0 spiro atoms. The van der Waals surface area contributed by atoms with E-state index in [4.69, 9.17) is 0 Å².